The van der Waals surface area contributed by atoms with Crippen LogP contribution in [0.1, 0.15) is 31.8 Å². The minimum atomic E-state index is -0.554. The molecule has 0 spiro atoms. The number of rotatable bonds is 6. The summed E-state index contributed by atoms with van der Waals surface area (Å²) in [5.41, 5.74) is 8.38. The number of benzene rings is 3. The lowest BCUT2D eigenvalue weighted by Crippen LogP contribution is -2.14. The van der Waals surface area contributed by atoms with Gasteiger partial charge in [-0.1, -0.05) is 30.3 Å². The van der Waals surface area contributed by atoms with Gasteiger partial charge in [-0.2, -0.15) is 5.26 Å². The first kappa shape index (κ1) is 20.5. The monoisotopic (exact) mass is 422 g/mol. The van der Waals surface area contributed by atoms with Crippen LogP contribution < -0.4 is 16.4 Å². The number of aromatic nitrogens is 2. The Morgan fingerprint density at radius 1 is 0.969 bits per heavy atom. The molecule has 0 saturated carbocycles. The molecule has 32 heavy (non-hydrogen) atoms. The van der Waals surface area contributed by atoms with Gasteiger partial charge in [0, 0.05) is 17.6 Å². The Balaban J connectivity index is 1.52. The summed E-state index contributed by atoms with van der Waals surface area (Å²) in [6, 6.07) is 21.2. The highest BCUT2D eigenvalue weighted by atomic mass is 16.2. The molecule has 0 saturated heterocycles. The van der Waals surface area contributed by atoms with Gasteiger partial charge >= 0.3 is 0 Å². The molecular weight excluding hydrogens is 404 g/mol. The van der Waals surface area contributed by atoms with Crippen LogP contribution in [0.3, 0.4) is 0 Å². The molecule has 0 aliphatic heterocycles. The summed E-state index contributed by atoms with van der Waals surface area (Å²) in [6.45, 7) is 0.422. The maximum absolute atomic E-state index is 12.6. The van der Waals surface area contributed by atoms with E-state index >= 15 is 0 Å². The summed E-state index contributed by atoms with van der Waals surface area (Å²) >= 11 is 0. The molecule has 8 nitrogen and oxygen atoms in total. The molecule has 4 N–H and O–H groups in total. The number of hydrogen-bond donors (Lipinski definition) is 3. The molecule has 0 radical (unpaired) electrons. The second kappa shape index (κ2) is 8.93. The van der Waals surface area contributed by atoms with Crippen molar-refractivity contribution in [2.75, 3.05) is 10.6 Å². The van der Waals surface area contributed by atoms with Crippen LogP contribution in [0.2, 0.25) is 0 Å². The van der Waals surface area contributed by atoms with Crippen LogP contribution in [0.4, 0.5) is 11.5 Å². The van der Waals surface area contributed by atoms with Gasteiger partial charge in [-0.25, -0.2) is 9.97 Å². The smallest absolute Gasteiger partial charge is 0.257 e. The number of carbonyl (C=O) groups excluding carboxylic acids is 2. The van der Waals surface area contributed by atoms with Gasteiger partial charge in [0.2, 0.25) is 0 Å². The van der Waals surface area contributed by atoms with Crippen molar-refractivity contribution in [1.82, 2.24) is 9.97 Å². The maximum atomic E-state index is 12.6. The van der Waals surface area contributed by atoms with Crippen molar-refractivity contribution in [2.24, 2.45) is 5.73 Å². The van der Waals surface area contributed by atoms with Gasteiger partial charge in [0.15, 0.2) is 0 Å². The number of hydrogen-bond acceptors (Lipinski definition) is 6. The van der Waals surface area contributed by atoms with Gasteiger partial charge in [0.1, 0.15) is 12.1 Å². The summed E-state index contributed by atoms with van der Waals surface area (Å²) in [4.78, 5) is 32.7. The van der Waals surface area contributed by atoms with Crippen LogP contribution in [-0.2, 0) is 6.54 Å². The third-order valence-corrected chi connectivity index (χ3v) is 4.87. The Bertz CT molecular complexity index is 1380. The number of anilines is 2. The van der Waals surface area contributed by atoms with Gasteiger partial charge < -0.3 is 16.4 Å². The fourth-order valence-electron chi connectivity index (χ4n) is 3.35. The zero-order chi connectivity index (χ0) is 22.5. The Morgan fingerprint density at radius 3 is 2.56 bits per heavy atom. The summed E-state index contributed by atoms with van der Waals surface area (Å²) in [6.07, 6.45) is 1.38. The average Bonchev–Trinajstić information content (AvgIpc) is 2.82. The number of nitrogens with zero attached hydrogens (tertiary/aromatic N) is 3. The normalized spacial score (nSPS) is 10.3. The Morgan fingerprint density at radius 2 is 1.75 bits per heavy atom. The van der Waals surface area contributed by atoms with Gasteiger partial charge in [0.05, 0.1) is 28.3 Å². The fourth-order valence-corrected chi connectivity index (χ4v) is 3.35. The van der Waals surface area contributed by atoms with E-state index in [0.717, 1.165) is 5.56 Å². The zero-order valence-corrected chi connectivity index (χ0v) is 16.9. The van der Waals surface area contributed by atoms with E-state index in [0.29, 0.717) is 45.6 Å². The van der Waals surface area contributed by atoms with E-state index in [9.17, 15) is 14.9 Å². The molecule has 4 aromatic rings. The molecule has 0 aliphatic carbocycles. The first-order chi connectivity index (χ1) is 15.6. The second-order valence-electron chi connectivity index (χ2n) is 6.95. The van der Waals surface area contributed by atoms with Crippen LogP contribution in [0.25, 0.3) is 10.9 Å². The first-order valence-electron chi connectivity index (χ1n) is 9.73. The quantitative estimate of drug-likeness (QED) is 0.436. The third-order valence-electron chi connectivity index (χ3n) is 4.87. The van der Waals surface area contributed by atoms with Gasteiger partial charge in [-0.05, 0) is 42.0 Å². The largest absolute Gasteiger partial charge is 0.366 e. The van der Waals surface area contributed by atoms with E-state index in [1.807, 2.05) is 30.3 Å². The minimum absolute atomic E-state index is 0.314. The van der Waals surface area contributed by atoms with Crippen molar-refractivity contribution < 1.29 is 9.59 Å². The second-order valence-corrected chi connectivity index (χ2v) is 6.95. The molecule has 8 heteroatoms. The highest BCUT2D eigenvalue weighted by molar-refractivity contribution is 6.07. The van der Waals surface area contributed by atoms with Crippen molar-refractivity contribution in [2.45, 2.75) is 6.54 Å². The third kappa shape index (κ3) is 4.22. The fraction of sp³-hybridized carbons (Fsp3) is 0.0417. The van der Waals surface area contributed by atoms with E-state index < -0.39 is 5.91 Å². The highest BCUT2D eigenvalue weighted by Gasteiger charge is 2.12. The first-order valence-corrected chi connectivity index (χ1v) is 9.73. The molecule has 4 rings (SSSR count). The zero-order valence-electron chi connectivity index (χ0n) is 16.9. The number of carbonyl (C=O) groups is 2. The van der Waals surface area contributed by atoms with Crippen LogP contribution >= 0.6 is 0 Å². The van der Waals surface area contributed by atoms with Gasteiger partial charge in [-0.15, -0.1) is 0 Å². The topological polar surface area (TPSA) is 134 Å². The Kier molecular flexibility index (Phi) is 5.72. The van der Waals surface area contributed by atoms with E-state index in [1.54, 1.807) is 42.5 Å². The summed E-state index contributed by atoms with van der Waals surface area (Å²) in [5.74, 6) is -0.342. The molecule has 3 aromatic carbocycles. The summed E-state index contributed by atoms with van der Waals surface area (Å²) < 4.78 is 0. The SMILES string of the molecule is N#Cc1ccccc1C(=O)Nc1cccc(CNc2ncnc3c(C(N)=O)cccc23)c1. The van der Waals surface area contributed by atoms with Crippen LogP contribution in [0.5, 0.6) is 0 Å². The minimum Gasteiger partial charge on any atom is -0.366 e. The molecule has 1 heterocycles. The molecule has 0 unspecified atom stereocenters. The number of amides is 2. The number of para-hydroxylation sites is 1. The number of nitriles is 1. The van der Waals surface area contributed by atoms with Gasteiger partial charge in [-0.3, -0.25) is 9.59 Å². The van der Waals surface area contributed by atoms with E-state index in [2.05, 4.69) is 20.6 Å². The lowest BCUT2D eigenvalue weighted by Gasteiger charge is -2.11. The van der Waals surface area contributed by atoms with Crippen molar-refractivity contribution >= 4 is 34.2 Å². The summed E-state index contributed by atoms with van der Waals surface area (Å²) in [5, 5.41) is 16.0. The molecule has 156 valence electrons. The van der Waals surface area contributed by atoms with Crippen molar-refractivity contribution in [3.63, 3.8) is 0 Å². The molecule has 0 aliphatic rings. The number of nitrogens with one attached hydrogen (secondary N) is 2. The molecule has 1 aromatic heterocycles. The number of fused-ring (bicyclic) bond motifs is 1. The Hall–Kier alpha value is -4.77. The lowest BCUT2D eigenvalue weighted by atomic mass is 10.1. The molecule has 0 atom stereocenters. The van der Waals surface area contributed by atoms with Crippen LogP contribution in [0.15, 0.2) is 73.1 Å². The predicted molar refractivity (Wildman–Crippen MR) is 121 cm³/mol. The molecule has 0 fully saturated rings. The highest BCUT2D eigenvalue weighted by Crippen LogP contribution is 2.23. The van der Waals surface area contributed by atoms with Gasteiger partial charge in [0.25, 0.3) is 11.8 Å². The Labute approximate surface area is 183 Å². The molecular formula is C24H18N6O2. The van der Waals surface area contributed by atoms with E-state index in [4.69, 9.17) is 5.73 Å². The predicted octanol–water partition coefficient (Wildman–Crippen LogP) is 3.46. The number of primary amides is 1. The lowest BCUT2D eigenvalue weighted by molar-refractivity contribution is 0.0998. The van der Waals surface area contributed by atoms with Crippen LogP contribution in [-0.4, -0.2) is 21.8 Å². The number of nitrogens with two attached hydrogens (primary N) is 1. The van der Waals surface area contributed by atoms with Crippen molar-refractivity contribution in [3.05, 3.63) is 95.3 Å². The summed E-state index contributed by atoms with van der Waals surface area (Å²) in [7, 11) is 0. The van der Waals surface area contributed by atoms with E-state index in [-0.39, 0.29) is 5.91 Å². The maximum Gasteiger partial charge on any atom is 0.257 e. The van der Waals surface area contributed by atoms with Crippen molar-refractivity contribution in [1.29, 1.82) is 5.26 Å². The van der Waals surface area contributed by atoms with Crippen LogP contribution in [0, 0.1) is 11.3 Å². The molecule has 0 bridgehead atoms. The van der Waals surface area contributed by atoms with Crippen molar-refractivity contribution in [3.8, 4) is 6.07 Å². The average molecular weight is 422 g/mol. The molecule has 2 amide bonds. The van der Waals surface area contributed by atoms with E-state index in [1.165, 1.54) is 6.33 Å². The standard InChI is InChI=1S/C24H18N6O2/c25-12-16-6-1-2-8-18(16)24(32)30-17-7-3-5-15(11-17)13-27-23-20-10-4-9-19(22(26)31)21(20)28-14-29-23/h1-11,14H,13H2,(H2,26,31)(H,30,32)(H,27,28,29).